The Labute approximate surface area is 191 Å². The first kappa shape index (κ1) is 22.7. The lowest BCUT2D eigenvalue weighted by Crippen LogP contribution is -2.39. The van der Waals surface area contributed by atoms with Crippen LogP contribution in [0.5, 0.6) is 0 Å². The van der Waals surface area contributed by atoms with Crippen LogP contribution in [0.2, 0.25) is 0 Å². The quantitative estimate of drug-likeness (QED) is 0.680. The number of rotatable bonds is 7. The molecule has 5 heteroatoms. The average Bonchev–Trinajstić information content (AvgIpc) is 3.26. The van der Waals surface area contributed by atoms with Gasteiger partial charge in [-0.15, -0.1) is 0 Å². The molecule has 32 heavy (non-hydrogen) atoms. The van der Waals surface area contributed by atoms with E-state index in [0.717, 1.165) is 64.0 Å². The van der Waals surface area contributed by atoms with Gasteiger partial charge in [0.2, 0.25) is 5.91 Å². The Morgan fingerprint density at radius 2 is 1.88 bits per heavy atom. The zero-order valence-electron chi connectivity index (χ0n) is 19.2. The van der Waals surface area contributed by atoms with E-state index in [1.54, 1.807) is 0 Å². The standard InChI is InChI=1S/C27H35N3O2/c1-29(25-14-17-30(20-25)19-21-6-3-2-4-7-21)27(32)12-11-26(31)24-10-9-22-8-5-15-28-16-13-23(22)18-24/h2-4,6-7,9-10,18,25,28H,5,8,11-17,19-20H2,1H3. The van der Waals surface area contributed by atoms with E-state index >= 15 is 0 Å². The van der Waals surface area contributed by atoms with Gasteiger partial charge in [-0.3, -0.25) is 14.5 Å². The summed E-state index contributed by atoms with van der Waals surface area (Å²) in [5, 5.41) is 3.43. The minimum atomic E-state index is 0.0698. The third-order valence-corrected chi connectivity index (χ3v) is 6.90. The number of nitrogens with zero attached hydrogens (tertiary/aromatic N) is 2. The van der Waals surface area contributed by atoms with Gasteiger partial charge in [0, 0.05) is 51.1 Å². The maximum absolute atomic E-state index is 12.8. The second-order valence-corrected chi connectivity index (χ2v) is 9.18. The normalized spacial score (nSPS) is 19.1. The van der Waals surface area contributed by atoms with Crippen LogP contribution in [-0.2, 0) is 24.2 Å². The molecule has 0 radical (unpaired) electrons. The van der Waals surface area contributed by atoms with Crippen LogP contribution in [-0.4, -0.2) is 60.8 Å². The predicted octanol–water partition coefficient (Wildman–Crippen LogP) is 3.46. The highest BCUT2D eigenvalue weighted by molar-refractivity contribution is 5.98. The van der Waals surface area contributed by atoms with Crippen molar-refractivity contribution in [3.8, 4) is 0 Å². The van der Waals surface area contributed by atoms with Crippen LogP contribution in [0.4, 0.5) is 0 Å². The van der Waals surface area contributed by atoms with Crippen LogP contribution in [0, 0.1) is 0 Å². The summed E-state index contributed by atoms with van der Waals surface area (Å²) in [5.41, 5.74) is 4.69. The molecule has 0 saturated carbocycles. The average molecular weight is 434 g/mol. The monoisotopic (exact) mass is 433 g/mol. The largest absolute Gasteiger partial charge is 0.341 e. The zero-order valence-corrected chi connectivity index (χ0v) is 19.2. The molecule has 1 N–H and O–H groups in total. The molecule has 1 fully saturated rings. The number of nitrogens with one attached hydrogen (secondary N) is 1. The van der Waals surface area contributed by atoms with Crippen molar-refractivity contribution < 1.29 is 9.59 Å². The van der Waals surface area contributed by atoms with Crippen molar-refractivity contribution in [2.45, 2.75) is 51.1 Å². The fourth-order valence-corrected chi connectivity index (χ4v) is 4.89. The topological polar surface area (TPSA) is 52.7 Å². The van der Waals surface area contributed by atoms with Gasteiger partial charge in [-0.05, 0) is 61.5 Å². The first-order chi connectivity index (χ1) is 15.6. The third-order valence-electron chi connectivity index (χ3n) is 6.90. The van der Waals surface area contributed by atoms with E-state index in [1.165, 1.54) is 16.7 Å². The number of fused-ring (bicyclic) bond motifs is 1. The van der Waals surface area contributed by atoms with E-state index in [2.05, 4.69) is 46.6 Å². The van der Waals surface area contributed by atoms with Crippen molar-refractivity contribution in [2.75, 3.05) is 33.2 Å². The summed E-state index contributed by atoms with van der Waals surface area (Å²) in [6.45, 7) is 4.83. The number of ketones is 1. The van der Waals surface area contributed by atoms with Crippen molar-refractivity contribution in [3.63, 3.8) is 0 Å². The van der Waals surface area contributed by atoms with Gasteiger partial charge in [0.25, 0.3) is 0 Å². The van der Waals surface area contributed by atoms with Crippen LogP contribution in [0.25, 0.3) is 0 Å². The van der Waals surface area contributed by atoms with E-state index in [4.69, 9.17) is 0 Å². The number of carbonyl (C=O) groups is 2. The summed E-state index contributed by atoms with van der Waals surface area (Å²) >= 11 is 0. The fraction of sp³-hybridized carbons (Fsp3) is 0.481. The van der Waals surface area contributed by atoms with Crippen LogP contribution in [0.15, 0.2) is 48.5 Å². The van der Waals surface area contributed by atoms with Crippen LogP contribution >= 0.6 is 0 Å². The van der Waals surface area contributed by atoms with Crippen LogP contribution in [0.1, 0.15) is 52.7 Å². The molecule has 1 amide bonds. The van der Waals surface area contributed by atoms with Crippen molar-refractivity contribution >= 4 is 11.7 Å². The van der Waals surface area contributed by atoms with Crippen LogP contribution < -0.4 is 5.32 Å². The predicted molar refractivity (Wildman–Crippen MR) is 128 cm³/mol. The summed E-state index contributed by atoms with van der Waals surface area (Å²) in [6.07, 6.45) is 4.69. The molecular weight excluding hydrogens is 398 g/mol. The van der Waals surface area contributed by atoms with Gasteiger partial charge in [0.1, 0.15) is 0 Å². The summed E-state index contributed by atoms with van der Waals surface area (Å²) in [5.74, 6) is 0.141. The molecule has 2 aliphatic heterocycles. The lowest BCUT2D eigenvalue weighted by molar-refractivity contribution is -0.131. The number of Topliss-reactive ketones (excluding diaryl/α,β-unsaturated/α-hetero) is 1. The van der Waals surface area contributed by atoms with E-state index in [1.807, 2.05) is 24.1 Å². The molecule has 0 aliphatic carbocycles. The van der Waals surface area contributed by atoms with Gasteiger partial charge in [-0.2, -0.15) is 0 Å². The number of aryl methyl sites for hydroxylation is 1. The molecule has 2 aromatic carbocycles. The number of benzene rings is 2. The highest BCUT2D eigenvalue weighted by Crippen LogP contribution is 2.20. The Bertz CT molecular complexity index is 928. The lowest BCUT2D eigenvalue weighted by atomic mass is 9.94. The number of hydrogen-bond donors (Lipinski definition) is 1. The molecule has 0 aromatic heterocycles. The summed E-state index contributed by atoms with van der Waals surface area (Å²) in [7, 11) is 1.89. The number of amides is 1. The summed E-state index contributed by atoms with van der Waals surface area (Å²) < 4.78 is 0. The Morgan fingerprint density at radius 1 is 1.03 bits per heavy atom. The molecule has 4 rings (SSSR count). The first-order valence-electron chi connectivity index (χ1n) is 12.0. The molecule has 5 nitrogen and oxygen atoms in total. The molecular formula is C27H35N3O2. The maximum atomic E-state index is 12.8. The van der Waals surface area contributed by atoms with Crippen molar-refractivity contribution in [3.05, 3.63) is 70.8 Å². The summed E-state index contributed by atoms with van der Waals surface area (Å²) in [6, 6.07) is 16.8. The number of carbonyl (C=O) groups excluding carboxylic acids is 2. The molecule has 0 bridgehead atoms. The molecule has 1 saturated heterocycles. The Kier molecular flexibility index (Phi) is 7.72. The SMILES string of the molecule is CN(C(=O)CCC(=O)c1ccc2c(c1)CCNCCC2)C1CCN(Cc2ccccc2)C1. The third kappa shape index (κ3) is 5.84. The van der Waals surface area contributed by atoms with Crippen molar-refractivity contribution in [1.82, 2.24) is 15.1 Å². The van der Waals surface area contributed by atoms with E-state index in [9.17, 15) is 9.59 Å². The summed E-state index contributed by atoms with van der Waals surface area (Å²) in [4.78, 5) is 29.9. The van der Waals surface area contributed by atoms with Crippen molar-refractivity contribution in [1.29, 1.82) is 0 Å². The molecule has 170 valence electrons. The highest BCUT2D eigenvalue weighted by atomic mass is 16.2. The number of likely N-dealkylation sites (N-methyl/N-ethyl adjacent to an activating group) is 1. The van der Waals surface area contributed by atoms with Gasteiger partial charge < -0.3 is 10.2 Å². The fourth-order valence-electron chi connectivity index (χ4n) is 4.89. The second-order valence-electron chi connectivity index (χ2n) is 9.18. The van der Waals surface area contributed by atoms with Gasteiger partial charge in [0.05, 0.1) is 0 Å². The number of likely N-dealkylation sites (tertiary alicyclic amines) is 1. The molecule has 1 atom stereocenters. The molecule has 2 heterocycles. The minimum absolute atomic E-state index is 0.0698. The van der Waals surface area contributed by atoms with Gasteiger partial charge in [0.15, 0.2) is 5.78 Å². The Morgan fingerprint density at radius 3 is 2.72 bits per heavy atom. The Balaban J connectivity index is 1.27. The van der Waals surface area contributed by atoms with Gasteiger partial charge >= 0.3 is 0 Å². The van der Waals surface area contributed by atoms with Gasteiger partial charge in [-0.25, -0.2) is 0 Å². The van der Waals surface area contributed by atoms with E-state index < -0.39 is 0 Å². The lowest BCUT2D eigenvalue weighted by Gasteiger charge is -2.25. The van der Waals surface area contributed by atoms with Gasteiger partial charge in [-0.1, -0.05) is 42.5 Å². The molecule has 1 unspecified atom stereocenters. The molecule has 2 aromatic rings. The van der Waals surface area contributed by atoms with Crippen molar-refractivity contribution in [2.24, 2.45) is 0 Å². The second kappa shape index (κ2) is 10.9. The number of hydrogen-bond acceptors (Lipinski definition) is 4. The molecule has 0 spiro atoms. The first-order valence-corrected chi connectivity index (χ1v) is 12.0. The maximum Gasteiger partial charge on any atom is 0.223 e. The van der Waals surface area contributed by atoms with E-state index in [-0.39, 0.29) is 30.6 Å². The highest BCUT2D eigenvalue weighted by Gasteiger charge is 2.28. The Hall–Kier alpha value is -2.50. The van der Waals surface area contributed by atoms with Crippen LogP contribution in [0.3, 0.4) is 0 Å². The van der Waals surface area contributed by atoms with E-state index in [0.29, 0.717) is 0 Å². The molecule has 2 aliphatic rings. The zero-order chi connectivity index (χ0) is 22.3. The minimum Gasteiger partial charge on any atom is -0.341 e. The smallest absolute Gasteiger partial charge is 0.223 e.